The van der Waals surface area contributed by atoms with Gasteiger partial charge in [-0.05, 0) is 36.5 Å². The average molecular weight is 285 g/mol. The summed E-state index contributed by atoms with van der Waals surface area (Å²) in [6.45, 7) is 6.03. The number of ketones is 1. The summed E-state index contributed by atoms with van der Waals surface area (Å²) in [7, 11) is 0. The van der Waals surface area contributed by atoms with Crippen LogP contribution in [0.1, 0.15) is 56.1 Å². The third-order valence-electron chi connectivity index (χ3n) is 3.55. The molecular weight excluding hydrogens is 262 g/mol. The Kier molecular flexibility index (Phi) is 5.26. The maximum Gasteiger partial charge on any atom is 0.181 e. The molecule has 0 aliphatic carbocycles. The van der Waals surface area contributed by atoms with Crippen LogP contribution in [0.4, 0.5) is 0 Å². The molecule has 0 saturated heterocycles. The van der Waals surface area contributed by atoms with Crippen LogP contribution in [0, 0.1) is 5.92 Å². The van der Waals surface area contributed by atoms with Crippen molar-refractivity contribution < 1.29 is 4.79 Å². The van der Waals surface area contributed by atoms with E-state index in [1.807, 2.05) is 12.1 Å². The van der Waals surface area contributed by atoms with E-state index in [1.165, 1.54) is 31.7 Å². The van der Waals surface area contributed by atoms with E-state index >= 15 is 0 Å². The van der Waals surface area contributed by atoms with E-state index in [4.69, 9.17) is 0 Å². The Morgan fingerprint density at radius 1 is 1.19 bits per heavy atom. The molecule has 2 aromatic rings. The van der Waals surface area contributed by atoms with Crippen molar-refractivity contribution in [3.8, 4) is 5.69 Å². The summed E-state index contributed by atoms with van der Waals surface area (Å²) < 4.78 is 1.64. The van der Waals surface area contributed by atoms with E-state index in [0.717, 1.165) is 18.0 Å². The third-order valence-corrected chi connectivity index (χ3v) is 3.55. The van der Waals surface area contributed by atoms with Gasteiger partial charge >= 0.3 is 0 Å². The highest BCUT2D eigenvalue weighted by Crippen LogP contribution is 2.13. The average Bonchev–Trinajstić information content (AvgIpc) is 2.94. The molecule has 0 unspecified atom stereocenters. The van der Waals surface area contributed by atoms with E-state index < -0.39 is 0 Å². The molecule has 0 bridgehead atoms. The number of rotatable bonds is 7. The van der Waals surface area contributed by atoms with Gasteiger partial charge in [0.25, 0.3) is 0 Å². The van der Waals surface area contributed by atoms with Gasteiger partial charge in [0.2, 0.25) is 0 Å². The first-order valence-corrected chi connectivity index (χ1v) is 7.59. The predicted octanol–water partition coefficient (Wildman–Crippen LogP) is 3.84. The van der Waals surface area contributed by atoms with Crippen LogP contribution in [0.15, 0.2) is 30.5 Å². The summed E-state index contributed by atoms with van der Waals surface area (Å²) in [5.74, 6) is 0.721. The Labute approximate surface area is 126 Å². The molecule has 0 fully saturated rings. The van der Waals surface area contributed by atoms with Crippen LogP contribution >= 0.6 is 0 Å². The summed E-state index contributed by atoms with van der Waals surface area (Å²) in [6.07, 6.45) is 6.59. The van der Waals surface area contributed by atoms with Crippen molar-refractivity contribution in [2.75, 3.05) is 0 Å². The highest BCUT2D eigenvalue weighted by molar-refractivity contribution is 5.91. The first-order valence-electron chi connectivity index (χ1n) is 7.59. The lowest BCUT2D eigenvalue weighted by molar-refractivity contribution is 0.101. The number of Topliss-reactive ketones (excluding diaryl/α,β-unsaturated/α-hetero) is 1. The molecule has 0 N–H and O–H groups in total. The number of hydrogen-bond donors (Lipinski definition) is 0. The number of carbonyl (C=O) groups is 1. The fourth-order valence-electron chi connectivity index (χ4n) is 2.25. The molecule has 112 valence electrons. The largest absolute Gasteiger partial charge is 0.293 e. The monoisotopic (exact) mass is 285 g/mol. The lowest BCUT2D eigenvalue weighted by atomic mass is 10.0. The maximum atomic E-state index is 11.2. The zero-order valence-corrected chi connectivity index (χ0v) is 13.0. The van der Waals surface area contributed by atoms with Gasteiger partial charge in [0, 0.05) is 6.92 Å². The molecule has 1 aromatic carbocycles. The van der Waals surface area contributed by atoms with Crippen LogP contribution in [-0.2, 0) is 6.42 Å². The van der Waals surface area contributed by atoms with Gasteiger partial charge in [-0.15, -0.1) is 5.10 Å². The van der Waals surface area contributed by atoms with E-state index in [1.54, 1.807) is 10.9 Å². The van der Waals surface area contributed by atoms with Crippen LogP contribution in [-0.4, -0.2) is 20.8 Å². The molecule has 2 rings (SSSR count). The molecule has 0 aliphatic rings. The predicted molar refractivity (Wildman–Crippen MR) is 83.8 cm³/mol. The number of carbonyl (C=O) groups excluding carboxylic acids is 1. The molecule has 0 amide bonds. The Balaban J connectivity index is 1.93. The molecule has 1 heterocycles. The Bertz CT molecular complexity index is 584. The molecule has 1 aromatic heterocycles. The van der Waals surface area contributed by atoms with Crippen molar-refractivity contribution in [1.29, 1.82) is 0 Å². The minimum absolute atomic E-state index is 0.0666. The number of benzene rings is 1. The second kappa shape index (κ2) is 7.16. The van der Waals surface area contributed by atoms with E-state index in [-0.39, 0.29) is 5.78 Å². The molecule has 0 radical (unpaired) electrons. The Morgan fingerprint density at radius 3 is 2.48 bits per heavy atom. The Morgan fingerprint density at radius 2 is 1.90 bits per heavy atom. The number of unbranched alkanes of at least 4 members (excludes halogenated alkanes) is 1. The quantitative estimate of drug-likeness (QED) is 0.573. The summed E-state index contributed by atoms with van der Waals surface area (Å²) in [5.41, 5.74) is 2.67. The Hall–Kier alpha value is -1.97. The SMILES string of the molecule is CC(=O)c1cn(-c2ccc(CCCCC(C)C)cc2)nn1. The molecule has 21 heavy (non-hydrogen) atoms. The smallest absolute Gasteiger partial charge is 0.181 e. The van der Waals surface area contributed by atoms with Crippen molar-refractivity contribution in [3.05, 3.63) is 41.7 Å². The normalized spacial score (nSPS) is 11.0. The highest BCUT2D eigenvalue weighted by atomic mass is 16.1. The van der Waals surface area contributed by atoms with Crippen LogP contribution in [0.5, 0.6) is 0 Å². The summed E-state index contributed by atoms with van der Waals surface area (Å²) in [4.78, 5) is 11.2. The first kappa shape index (κ1) is 15.4. The topological polar surface area (TPSA) is 47.8 Å². The van der Waals surface area contributed by atoms with E-state index in [2.05, 4.69) is 36.3 Å². The molecule has 0 aliphatic heterocycles. The zero-order chi connectivity index (χ0) is 15.2. The van der Waals surface area contributed by atoms with Gasteiger partial charge in [-0.3, -0.25) is 4.79 Å². The minimum atomic E-state index is -0.0666. The third kappa shape index (κ3) is 4.52. The lowest BCUT2D eigenvalue weighted by Crippen LogP contribution is -1.96. The van der Waals surface area contributed by atoms with Crippen LogP contribution in [0.3, 0.4) is 0 Å². The lowest BCUT2D eigenvalue weighted by Gasteiger charge is -2.05. The van der Waals surface area contributed by atoms with Crippen molar-refractivity contribution >= 4 is 5.78 Å². The summed E-state index contributed by atoms with van der Waals surface area (Å²) >= 11 is 0. The number of nitrogens with zero attached hydrogens (tertiary/aromatic N) is 3. The van der Waals surface area contributed by atoms with Gasteiger partial charge in [-0.2, -0.15) is 0 Å². The fourth-order valence-corrected chi connectivity index (χ4v) is 2.25. The van der Waals surface area contributed by atoms with Crippen molar-refractivity contribution in [2.24, 2.45) is 5.92 Å². The second-order valence-corrected chi connectivity index (χ2v) is 5.91. The van der Waals surface area contributed by atoms with Crippen LogP contribution < -0.4 is 0 Å². The first-order chi connectivity index (χ1) is 10.1. The summed E-state index contributed by atoms with van der Waals surface area (Å²) in [5, 5.41) is 7.83. The van der Waals surface area contributed by atoms with Crippen LogP contribution in [0.25, 0.3) is 5.69 Å². The molecule has 4 nitrogen and oxygen atoms in total. The number of aromatic nitrogens is 3. The molecule has 0 atom stereocenters. The van der Waals surface area contributed by atoms with Crippen LogP contribution in [0.2, 0.25) is 0 Å². The molecule has 0 saturated carbocycles. The van der Waals surface area contributed by atoms with E-state index in [0.29, 0.717) is 5.69 Å². The standard InChI is InChI=1S/C17H23N3O/c1-13(2)6-4-5-7-15-8-10-16(11-9-15)20-12-17(14(3)21)18-19-20/h8-13H,4-7H2,1-3H3. The van der Waals surface area contributed by atoms with Gasteiger partial charge < -0.3 is 0 Å². The zero-order valence-electron chi connectivity index (χ0n) is 13.0. The molecular formula is C17H23N3O. The van der Waals surface area contributed by atoms with Gasteiger partial charge in [0.15, 0.2) is 5.78 Å². The van der Waals surface area contributed by atoms with Crippen molar-refractivity contribution in [1.82, 2.24) is 15.0 Å². The fraction of sp³-hybridized carbons (Fsp3) is 0.471. The molecule has 0 spiro atoms. The maximum absolute atomic E-state index is 11.2. The number of aryl methyl sites for hydroxylation is 1. The minimum Gasteiger partial charge on any atom is -0.293 e. The second-order valence-electron chi connectivity index (χ2n) is 5.91. The van der Waals surface area contributed by atoms with E-state index in [9.17, 15) is 4.79 Å². The van der Waals surface area contributed by atoms with Crippen molar-refractivity contribution in [3.63, 3.8) is 0 Å². The van der Waals surface area contributed by atoms with Gasteiger partial charge in [0.05, 0.1) is 11.9 Å². The van der Waals surface area contributed by atoms with Crippen molar-refractivity contribution in [2.45, 2.75) is 46.5 Å². The van der Waals surface area contributed by atoms with Gasteiger partial charge in [-0.25, -0.2) is 4.68 Å². The van der Waals surface area contributed by atoms with Gasteiger partial charge in [-0.1, -0.05) is 44.0 Å². The van der Waals surface area contributed by atoms with Gasteiger partial charge in [0.1, 0.15) is 5.69 Å². The number of hydrogen-bond acceptors (Lipinski definition) is 3. The summed E-state index contributed by atoms with van der Waals surface area (Å²) in [6, 6.07) is 8.30. The molecule has 4 heteroatoms. The highest BCUT2D eigenvalue weighted by Gasteiger charge is 2.06.